The van der Waals surface area contributed by atoms with Crippen LogP contribution in [0.3, 0.4) is 0 Å². The topological polar surface area (TPSA) is 20.2 Å². The number of hydrogen-bond acceptors (Lipinski definition) is 3. The molecule has 0 aliphatic carbocycles. The van der Waals surface area contributed by atoms with E-state index in [-0.39, 0.29) is 0 Å². The zero-order chi connectivity index (χ0) is 11.3. The average molecular weight is 305 g/mol. The molecule has 2 heterocycles. The first-order valence-electron chi connectivity index (χ1n) is 4.43. The summed E-state index contributed by atoms with van der Waals surface area (Å²) in [6, 6.07) is 3.95. The second-order valence-electron chi connectivity index (χ2n) is 3.51. The molecule has 0 spiro atoms. The van der Waals surface area contributed by atoms with E-state index in [4.69, 9.17) is 0 Å². The third-order valence-corrected chi connectivity index (χ3v) is 3.88. The Bertz CT molecular complexity index is 360. The summed E-state index contributed by atoms with van der Waals surface area (Å²) in [5.74, 6) is 0. The first-order valence-corrected chi connectivity index (χ1v) is 7.11. The van der Waals surface area contributed by atoms with E-state index in [1.54, 1.807) is 36.5 Å². The molecule has 1 N–H and O–H groups in total. The van der Waals surface area contributed by atoms with Crippen molar-refractivity contribution in [3.05, 3.63) is 43.7 Å². The first kappa shape index (κ1) is 12.9. The van der Waals surface area contributed by atoms with Crippen LogP contribution in [0.15, 0.2) is 38.1 Å². The Kier molecular flexibility index (Phi) is 4.99. The van der Waals surface area contributed by atoms with Gasteiger partial charge in [-0.05, 0) is 63.6 Å². The van der Waals surface area contributed by atoms with Gasteiger partial charge in [-0.1, -0.05) is 0 Å². The van der Waals surface area contributed by atoms with E-state index < -0.39 is 5.60 Å². The highest BCUT2D eigenvalue weighted by molar-refractivity contribution is 9.10. The Balaban J connectivity index is 0.000000162. The van der Waals surface area contributed by atoms with Crippen molar-refractivity contribution in [1.29, 1.82) is 0 Å². The third kappa shape index (κ3) is 4.93. The third-order valence-electron chi connectivity index (χ3n) is 1.71. The fourth-order valence-corrected chi connectivity index (χ4v) is 2.82. The van der Waals surface area contributed by atoms with Gasteiger partial charge in [0, 0.05) is 9.85 Å². The fraction of sp³-hybridized carbons (Fsp3) is 0.273. The zero-order valence-electron chi connectivity index (χ0n) is 8.61. The van der Waals surface area contributed by atoms with E-state index in [0.29, 0.717) is 0 Å². The van der Waals surface area contributed by atoms with E-state index >= 15 is 0 Å². The largest absolute Gasteiger partial charge is 0.386 e. The molecule has 0 unspecified atom stereocenters. The molecule has 0 amide bonds. The first-order chi connectivity index (χ1) is 7.00. The highest BCUT2D eigenvalue weighted by Crippen LogP contribution is 2.21. The molecule has 15 heavy (non-hydrogen) atoms. The predicted octanol–water partition coefficient (Wildman–Crippen LogP) is 4.49. The molecular formula is C11H13BrOS2. The molecule has 0 atom stereocenters. The molecule has 1 nitrogen and oxygen atoms in total. The van der Waals surface area contributed by atoms with Crippen molar-refractivity contribution in [2.75, 3.05) is 0 Å². The molecule has 0 saturated carbocycles. The molecule has 0 saturated heterocycles. The normalized spacial score (nSPS) is 10.7. The Morgan fingerprint density at radius 3 is 1.93 bits per heavy atom. The van der Waals surface area contributed by atoms with E-state index in [2.05, 4.69) is 15.9 Å². The number of rotatable bonds is 1. The molecule has 0 aliphatic heterocycles. The quantitative estimate of drug-likeness (QED) is 0.823. The van der Waals surface area contributed by atoms with Gasteiger partial charge in [-0.3, -0.25) is 0 Å². The van der Waals surface area contributed by atoms with Crippen LogP contribution in [0.25, 0.3) is 0 Å². The fourth-order valence-electron chi connectivity index (χ4n) is 0.860. The number of aliphatic hydroxyl groups is 1. The average Bonchev–Trinajstić information content (AvgIpc) is 2.73. The van der Waals surface area contributed by atoms with Crippen LogP contribution in [0.2, 0.25) is 0 Å². The zero-order valence-corrected chi connectivity index (χ0v) is 11.8. The SMILES string of the molecule is Brc1ccsc1.CC(C)(O)c1ccsc1. The van der Waals surface area contributed by atoms with Gasteiger partial charge in [-0.25, -0.2) is 0 Å². The van der Waals surface area contributed by atoms with Crippen LogP contribution in [-0.2, 0) is 5.60 Å². The summed E-state index contributed by atoms with van der Waals surface area (Å²) >= 11 is 6.59. The highest BCUT2D eigenvalue weighted by Gasteiger charge is 2.14. The van der Waals surface area contributed by atoms with E-state index in [1.165, 1.54) is 4.47 Å². The van der Waals surface area contributed by atoms with Gasteiger partial charge in [0.2, 0.25) is 0 Å². The van der Waals surface area contributed by atoms with Gasteiger partial charge in [-0.15, -0.1) is 0 Å². The van der Waals surface area contributed by atoms with Crippen LogP contribution in [0.5, 0.6) is 0 Å². The van der Waals surface area contributed by atoms with Crippen molar-refractivity contribution in [2.24, 2.45) is 0 Å². The minimum Gasteiger partial charge on any atom is -0.386 e. The summed E-state index contributed by atoms with van der Waals surface area (Å²) in [5, 5.41) is 17.4. The maximum absolute atomic E-state index is 9.38. The monoisotopic (exact) mass is 304 g/mol. The summed E-state index contributed by atoms with van der Waals surface area (Å²) in [6.07, 6.45) is 0. The van der Waals surface area contributed by atoms with Crippen molar-refractivity contribution >= 4 is 38.6 Å². The Labute approximate surface area is 107 Å². The molecule has 0 aromatic carbocycles. The van der Waals surface area contributed by atoms with Crippen molar-refractivity contribution in [3.8, 4) is 0 Å². The lowest BCUT2D eigenvalue weighted by molar-refractivity contribution is 0.0791. The van der Waals surface area contributed by atoms with Gasteiger partial charge < -0.3 is 5.11 Å². The van der Waals surface area contributed by atoms with Gasteiger partial charge in [0.15, 0.2) is 0 Å². The summed E-state index contributed by atoms with van der Waals surface area (Å²) in [4.78, 5) is 0. The summed E-state index contributed by atoms with van der Waals surface area (Å²) in [7, 11) is 0. The van der Waals surface area contributed by atoms with Crippen molar-refractivity contribution in [3.63, 3.8) is 0 Å². The second-order valence-corrected chi connectivity index (χ2v) is 5.99. The summed E-state index contributed by atoms with van der Waals surface area (Å²) in [5.41, 5.74) is 0.326. The van der Waals surface area contributed by atoms with Crippen molar-refractivity contribution < 1.29 is 5.11 Å². The lowest BCUT2D eigenvalue weighted by Crippen LogP contribution is -2.13. The van der Waals surface area contributed by atoms with Gasteiger partial charge >= 0.3 is 0 Å². The molecule has 2 rings (SSSR count). The number of hydrogen-bond donors (Lipinski definition) is 1. The number of halogens is 1. The minimum absolute atomic E-state index is 0.667. The molecule has 4 heteroatoms. The molecule has 0 aliphatic rings. The van der Waals surface area contributed by atoms with Crippen LogP contribution >= 0.6 is 38.6 Å². The molecule has 2 aromatic rings. The van der Waals surface area contributed by atoms with Gasteiger partial charge in [0.05, 0.1) is 5.60 Å². The van der Waals surface area contributed by atoms with Crippen LogP contribution in [-0.4, -0.2) is 5.11 Å². The second kappa shape index (κ2) is 5.80. The molecule has 2 aromatic heterocycles. The maximum atomic E-state index is 9.38. The lowest BCUT2D eigenvalue weighted by atomic mass is 10.0. The van der Waals surface area contributed by atoms with Gasteiger partial charge in [0.1, 0.15) is 0 Å². The van der Waals surface area contributed by atoms with Crippen molar-refractivity contribution in [2.45, 2.75) is 19.4 Å². The van der Waals surface area contributed by atoms with Crippen LogP contribution in [0, 0.1) is 0 Å². The standard InChI is InChI=1S/C7H10OS.C4H3BrS/c1-7(2,8)6-3-4-9-5-6;5-4-1-2-6-3-4/h3-5,8H,1-2H3;1-3H. The molecule has 0 fully saturated rings. The van der Waals surface area contributed by atoms with Crippen LogP contribution < -0.4 is 0 Å². The van der Waals surface area contributed by atoms with Crippen LogP contribution in [0.1, 0.15) is 19.4 Å². The Morgan fingerprint density at radius 1 is 1.13 bits per heavy atom. The number of thiophene rings is 2. The summed E-state index contributed by atoms with van der Waals surface area (Å²) < 4.78 is 1.17. The molecule has 82 valence electrons. The highest BCUT2D eigenvalue weighted by atomic mass is 79.9. The van der Waals surface area contributed by atoms with E-state index in [9.17, 15) is 5.11 Å². The van der Waals surface area contributed by atoms with E-state index in [1.807, 2.05) is 33.7 Å². The van der Waals surface area contributed by atoms with Gasteiger partial charge in [-0.2, -0.15) is 22.7 Å². The van der Waals surface area contributed by atoms with Crippen molar-refractivity contribution in [1.82, 2.24) is 0 Å². The van der Waals surface area contributed by atoms with Crippen LogP contribution in [0.4, 0.5) is 0 Å². The lowest BCUT2D eigenvalue weighted by Gasteiger charge is -2.14. The molecular weight excluding hydrogens is 292 g/mol. The van der Waals surface area contributed by atoms with Gasteiger partial charge in [0.25, 0.3) is 0 Å². The molecule has 0 bridgehead atoms. The Hall–Kier alpha value is -0.160. The Morgan fingerprint density at radius 2 is 1.73 bits per heavy atom. The predicted molar refractivity (Wildman–Crippen MR) is 71.6 cm³/mol. The maximum Gasteiger partial charge on any atom is 0.0848 e. The summed E-state index contributed by atoms with van der Waals surface area (Å²) in [6.45, 7) is 3.57. The van der Waals surface area contributed by atoms with E-state index in [0.717, 1.165) is 5.56 Å². The minimum atomic E-state index is -0.667. The smallest absolute Gasteiger partial charge is 0.0848 e. The molecule has 0 radical (unpaired) electrons.